The highest BCUT2D eigenvalue weighted by Crippen LogP contribution is 2.27. The molecule has 2 rings (SSSR count). The van der Waals surface area contributed by atoms with Crippen molar-refractivity contribution in [2.24, 2.45) is 0 Å². The Labute approximate surface area is 135 Å². The molecule has 0 aliphatic heterocycles. The molecule has 4 heteroatoms. The Bertz CT molecular complexity index is 667. The summed E-state index contributed by atoms with van der Waals surface area (Å²) in [5.41, 5.74) is 2.85. The Morgan fingerprint density at radius 2 is 1.95 bits per heavy atom. The first kappa shape index (κ1) is 16.4. The second kappa shape index (κ2) is 7.32. The maximum Gasteiger partial charge on any atom is 0.311 e. The van der Waals surface area contributed by atoms with Gasteiger partial charge in [-0.05, 0) is 49.1 Å². The van der Waals surface area contributed by atoms with Crippen molar-refractivity contribution < 1.29 is 14.6 Å². The minimum absolute atomic E-state index is 0.300. The van der Waals surface area contributed by atoms with Crippen LogP contribution in [0.3, 0.4) is 0 Å². The van der Waals surface area contributed by atoms with E-state index in [0.717, 1.165) is 16.7 Å². The van der Waals surface area contributed by atoms with E-state index in [9.17, 15) is 9.90 Å². The fourth-order valence-corrected chi connectivity index (χ4v) is 2.57. The van der Waals surface area contributed by atoms with E-state index in [1.54, 1.807) is 6.07 Å². The van der Waals surface area contributed by atoms with Gasteiger partial charge in [-0.2, -0.15) is 0 Å². The third-order valence-electron chi connectivity index (χ3n) is 3.61. The summed E-state index contributed by atoms with van der Waals surface area (Å²) in [6.45, 7) is 4.18. The fourth-order valence-electron chi connectivity index (χ4n) is 2.40. The van der Waals surface area contributed by atoms with Gasteiger partial charge in [0, 0.05) is 0 Å². The molecule has 0 aliphatic rings. The highest BCUT2D eigenvalue weighted by molar-refractivity contribution is 6.32. The van der Waals surface area contributed by atoms with Gasteiger partial charge < -0.3 is 9.84 Å². The van der Waals surface area contributed by atoms with Gasteiger partial charge in [0.05, 0.1) is 17.5 Å². The molecular weight excluding hydrogens is 300 g/mol. The molecule has 0 spiro atoms. The second-order valence-corrected chi connectivity index (χ2v) is 5.73. The molecule has 1 atom stereocenters. The minimum atomic E-state index is -0.840. The number of aliphatic carboxylic acids is 1. The van der Waals surface area contributed by atoms with E-state index in [4.69, 9.17) is 16.3 Å². The lowest BCUT2D eigenvalue weighted by molar-refractivity contribution is -0.139. The third kappa shape index (κ3) is 4.01. The number of hydrogen-bond acceptors (Lipinski definition) is 2. The van der Waals surface area contributed by atoms with Crippen LogP contribution in [0.2, 0.25) is 5.02 Å². The lowest BCUT2D eigenvalue weighted by Crippen LogP contribution is -2.16. The molecule has 1 N–H and O–H groups in total. The SMILES string of the molecule is Cc1ccc(Cl)c(OCCC(C(=O)O)c2ccccc2C)c1. The van der Waals surface area contributed by atoms with Crippen molar-refractivity contribution in [3.05, 3.63) is 64.2 Å². The number of halogens is 1. The largest absolute Gasteiger partial charge is 0.492 e. The quantitative estimate of drug-likeness (QED) is 0.847. The molecule has 0 fully saturated rings. The van der Waals surface area contributed by atoms with Gasteiger partial charge in [-0.25, -0.2) is 0 Å². The van der Waals surface area contributed by atoms with Gasteiger partial charge in [-0.3, -0.25) is 4.79 Å². The van der Waals surface area contributed by atoms with Crippen molar-refractivity contribution in [1.82, 2.24) is 0 Å². The summed E-state index contributed by atoms with van der Waals surface area (Å²) < 4.78 is 5.66. The predicted octanol–water partition coefficient (Wildman–Crippen LogP) is 4.59. The van der Waals surface area contributed by atoms with E-state index in [2.05, 4.69) is 0 Å². The van der Waals surface area contributed by atoms with E-state index in [-0.39, 0.29) is 0 Å². The molecule has 0 radical (unpaired) electrons. The monoisotopic (exact) mass is 318 g/mol. The molecule has 0 amide bonds. The average Bonchev–Trinajstić information content (AvgIpc) is 2.48. The molecule has 22 heavy (non-hydrogen) atoms. The van der Waals surface area contributed by atoms with E-state index in [1.165, 1.54) is 0 Å². The lowest BCUT2D eigenvalue weighted by Gasteiger charge is -2.16. The molecule has 0 heterocycles. The second-order valence-electron chi connectivity index (χ2n) is 5.32. The van der Waals surface area contributed by atoms with Crippen LogP contribution < -0.4 is 4.74 Å². The van der Waals surface area contributed by atoms with Gasteiger partial charge in [-0.1, -0.05) is 41.9 Å². The number of carbonyl (C=O) groups is 1. The normalized spacial score (nSPS) is 12.0. The molecule has 2 aromatic rings. The van der Waals surface area contributed by atoms with Crippen molar-refractivity contribution in [1.29, 1.82) is 0 Å². The van der Waals surface area contributed by atoms with Gasteiger partial charge >= 0.3 is 5.97 Å². The Morgan fingerprint density at radius 3 is 2.64 bits per heavy atom. The summed E-state index contributed by atoms with van der Waals surface area (Å²) in [6.07, 6.45) is 0.393. The molecule has 116 valence electrons. The molecule has 0 aromatic heterocycles. The topological polar surface area (TPSA) is 46.5 Å². The van der Waals surface area contributed by atoms with E-state index < -0.39 is 11.9 Å². The summed E-state index contributed by atoms with van der Waals surface area (Å²) in [4.78, 5) is 11.5. The van der Waals surface area contributed by atoms with Crippen LogP contribution in [0, 0.1) is 13.8 Å². The maximum absolute atomic E-state index is 11.5. The van der Waals surface area contributed by atoms with Crippen LogP contribution in [0.4, 0.5) is 0 Å². The Morgan fingerprint density at radius 1 is 1.23 bits per heavy atom. The zero-order valence-corrected chi connectivity index (χ0v) is 13.4. The van der Waals surface area contributed by atoms with Crippen molar-refractivity contribution in [3.63, 3.8) is 0 Å². The highest BCUT2D eigenvalue weighted by Gasteiger charge is 2.21. The van der Waals surface area contributed by atoms with Gasteiger partial charge in [0.2, 0.25) is 0 Å². The summed E-state index contributed by atoms with van der Waals surface area (Å²) in [5.74, 6) is -0.825. The Balaban J connectivity index is 2.06. The van der Waals surface area contributed by atoms with Crippen LogP contribution >= 0.6 is 11.6 Å². The van der Waals surface area contributed by atoms with Gasteiger partial charge in [0.1, 0.15) is 5.75 Å². The standard InChI is InChI=1S/C18H19ClO3/c1-12-7-8-16(19)17(11-12)22-10-9-15(18(20)21)14-6-4-3-5-13(14)2/h3-8,11,15H,9-10H2,1-2H3,(H,20,21). The summed E-state index contributed by atoms with van der Waals surface area (Å²) in [6, 6.07) is 13.1. The lowest BCUT2D eigenvalue weighted by atomic mass is 9.92. The number of ether oxygens (including phenoxy) is 1. The van der Waals surface area contributed by atoms with Gasteiger partial charge in [-0.15, -0.1) is 0 Å². The molecule has 0 saturated heterocycles. The summed E-state index contributed by atoms with van der Waals surface area (Å²) >= 11 is 6.07. The number of aryl methyl sites for hydroxylation is 2. The predicted molar refractivity (Wildman–Crippen MR) is 87.9 cm³/mol. The van der Waals surface area contributed by atoms with Crippen LogP contribution in [0.25, 0.3) is 0 Å². The third-order valence-corrected chi connectivity index (χ3v) is 3.93. The fraction of sp³-hybridized carbons (Fsp3) is 0.278. The number of rotatable bonds is 6. The van der Waals surface area contributed by atoms with Crippen LogP contribution in [0.1, 0.15) is 29.0 Å². The van der Waals surface area contributed by atoms with Crippen molar-refractivity contribution in [3.8, 4) is 5.75 Å². The smallest absolute Gasteiger partial charge is 0.311 e. The Hall–Kier alpha value is -2.00. The van der Waals surface area contributed by atoms with E-state index in [1.807, 2.05) is 50.2 Å². The van der Waals surface area contributed by atoms with Crippen LogP contribution in [0.5, 0.6) is 5.75 Å². The van der Waals surface area contributed by atoms with Gasteiger partial charge in [0.25, 0.3) is 0 Å². The van der Waals surface area contributed by atoms with E-state index >= 15 is 0 Å². The molecular formula is C18H19ClO3. The summed E-state index contributed by atoms with van der Waals surface area (Å²) in [7, 11) is 0. The molecule has 0 aliphatic carbocycles. The number of carboxylic acid groups (broad SMARTS) is 1. The van der Waals surface area contributed by atoms with Gasteiger partial charge in [0.15, 0.2) is 0 Å². The number of hydrogen-bond donors (Lipinski definition) is 1. The zero-order chi connectivity index (χ0) is 16.1. The molecule has 3 nitrogen and oxygen atoms in total. The summed E-state index contributed by atoms with van der Waals surface area (Å²) in [5, 5.41) is 10.0. The first-order valence-electron chi connectivity index (χ1n) is 7.16. The van der Waals surface area contributed by atoms with Crippen molar-refractivity contribution in [2.45, 2.75) is 26.2 Å². The molecule has 2 aromatic carbocycles. The van der Waals surface area contributed by atoms with Crippen molar-refractivity contribution in [2.75, 3.05) is 6.61 Å². The van der Waals surface area contributed by atoms with Crippen LogP contribution in [0.15, 0.2) is 42.5 Å². The zero-order valence-electron chi connectivity index (χ0n) is 12.7. The first-order valence-corrected chi connectivity index (χ1v) is 7.54. The van der Waals surface area contributed by atoms with E-state index in [0.29, 0.717) is 23.8 Å². The average molecular weight is 319 g/mol. The van der Waals surface area contributed by atoms with Crippen LogP contribution in [-0.4, -0.2) is 17.7 Å². The molecule has 0 bridgehead atoms. The molecule has 0 saturated carbocycles. The van der Waals surface area contributed by atoms with Crippen LogP contribution in [-0.2, 0) is 4.79 Å². The number of benzene rings is 2. The van der Waals surface area contributed by atoms with Crippen molar-refractivity contribution >= 4 is 17.6 Å². The highest BCUT2D eigenvalue weighted by atomic mass is 35.5. The minimum Gasteiger partial charge on any atom is -0.492 e. The molecule has 1 unspecified atom stereocenters. The Kier molecular flexibility index (Phi) is 5.45. The first-order chi connectivity index (χ1) is 10.5. The number of carboxylic acids is 1. The maximum atomic E-state index is 11.5.